The summed E-state index contributed by atoms with van der Waals surface area (Å²) in [5.41, 5.74) is 2.86. The van der Waals surface area contributed by atoms with Crippen LogP contribution in [0.5, 0.6) is 5.75 Å². The first kappa shape index (κ1) is 14.1. The third kappa shape index (κ3) is 3.10. The molecule has 0 bridgehead atoms. The Kier molecular flexibility index (Phi) is 4.25. The third-order valence-electron chi connectivity index (χ3n) is 4.17. The van der Waals surface area contributed by atoms with E-state index in [9.17, 15) is 0 Å². The lowest BCUT2D eigenvalue weighted by atomic mass is 9.87. The smallest absolute Gasteiger partial charge is 0.146 e. The molecule has 1 unspecified atom stereocenters. The predicted octanol–water partition coefficient (Wildman–Crippen LogP) is 2.99. The van der Waals surface area contributed by atoms with Gasteiger partial charge in [-0.3, -0.25) is 0 Å². The van der Waals surface area contributed by atoms with Gasteiger partial charge in [0.2, 0.25) is 0 Å². The van der Waals surface area contributed by atoms with Crippen LogP contribution in [0.25, 0.3) is 0 Å². The molecular formula is C17H23N3O. The first-order valence-corrected chi connectivity index (χ1v) is 7.73. The Hall–Kier alpha value is -1.81. The first-order chi connectivity index (χ1) is 10.3. The highest BCUT2D eigenvalue weighted by atomic mass is 16.5. The van der Waals surface area contributed by atoms with Crippen LogP contribution in [-0.4, -0.2) is 16.1 Å². The Balaban J connectivity index is 1.75. The molecule has 4 heteroatoms. The number of rotatable bonds is 5. The molecule has 0 spiro atoms. The molecule has 0 amide bonds. The van der Waals surface area contributed by atoms with Gasteiger partial charge in [0, 0.05) is 25.5 Å². The van der Waals surface area contributed by atoms with Crippen molar-refractivity contribution in [3.05, 3.63) is 47.5 Å². The van der Waals surface area contributed by atoms with Crippen LogP contribution >= 0.6 is 0 Å². The van der Waals surface area contributed by atoms with Gasteiger partial charge >= 0.3 is 0 Å². The van der Waals surface area contributed by atoms with E-state index in [1.165, 1.54) is 30.4 Å². The van der Waals surface area contributed by atoms with Crippen molar-refractivity contribution in [1.82, 2.24) is 14.9 Å². The predicted molar refractivity (Wildman–Crippen MR) is 83.3 cm³/mol. The number of benzene rings is 1. The molecule has 3 rings (SSSR count). The zero-order chi connectivity index (χ0) is 14.7. The van der Waals surface area contributed by atoms with Crippen LogP contribution in [0.4, 0.5) is 0 Å². The van der Waals surface area contributed by atoms with E-state index in [1.807, 2.05) is 17.8 Å². The summed E-state index contributed by atoms with van der Waals surface area (Å²) < 4.78 is 7.90. The van der Waals surface area contributed by atoms with Crippen LogP contribution in [0.3, 0.4) is 0 Å². The molecule has 0 saturated heterocycles. The molecule has 112 valence electrons. The number of hydrogen-bond donors (Lipinski definition) is 1. The van der Waals surface area contributed by atoms with E-state index in [-0.39, 0.29) is 0 Å². The molecule has 21 heavy (non-hydrogen) atoms. The number of aryl methyl sites for hydroxylation is 2. The number of aromatic nitrogens is 2. The number of nitrogens with zero attached hydrogens (tertiary/aromatic N) is 2. The van der Waals surface area contributed by atoms with Crippen LogP contribution in [0, 0.1) is 0 Å². The summed E-state index contributed by atoms with van der Waals surface area (Å²) in [5, 5.41) is 3.57. The molecule has 0 fully saturated rings. The summed E-state index contributed by atoms with van der Waals surface area (Å²) in [7, 11) is 1.99. The van der Waals surface area contributed by atoms with Gasteiger partial charge in [-0.15, -0.1) is 0 Å². The lowest BCUT2D eigenvalue weighted by molar-refractivity contribution is 0.290. The van der Waals surface area contributed by atoms with Crippen molar-refractivity contribution < 1.29 is 4.74 Å². The Morgan fingerprint density at radius 3 is 3.10 bits per heavy atom. The highest BCUT2D eigenvalue weighted by Gasteiger charge is 2.19. The summed E-state index contributed by atoms with van der Waals surface area (Å²) in [6.45, 7) is 3.67. The summed E-state index contributed by atoms with van der Waals surface area (Å²) in [6.07, 6.45) is 7.39. The van der Waals surface area contributed by atoms with Gasteiger partial charge in [-0.1, -0.05) is 13.0 Å². The molecule has 1 aliphatic rings. The minimum atomic E-state index is 0.468. The minimum Gasteiger partial charge on any atom is -0.486 e. The molecule has 4 nitrogen and oxygen atoms in total. The monoisotopic (exact) mass is 285 g/mol. The van der Waals surface area contributed by atoms with Gasteiger partial charge in [0.25, 0.3) is 0 Å². The van der Waals surface area contributed by atoms with Crippen molar-refractivity contribution in [1.29, 1.82) is 0 Å². The largest absolute Gasteiger partial charge is 0.486 e. The number of nitrogens with one attached hydrogen (secondary N) is 1. The molecule has 1 aliphatic carbocycles. The topological polar surface area (TPSA) is 39.1 Å². The van der Waals surface area contributed by atoms with Crippen molar-refractivity contribution in [2.75, 3.05) is 6.54 Å². The van der Waals surface area contributed by atoms with Crippen molar-refractivity contribution >= 4 is 0 Å². The molecule has 0 aliphatic heterocycles. The second-order valence-corrected chi connectivity index (χ2v) is 5.61. The van der Waals surface area contributed by atoms with E-state index < -0.39 is 0 Å². The van der Waals surface area contributed by atoms with E-state index in [1.54, 1.807) is 6.20 Å². The van der Waals surface area contributed by atoms with Gasteiger partial charge in [-0.2, -0.15) is 0 Å². The van der Waals surface area contributed by atoms with Crippen molar-refractivity contribution in [2.45, 2.75) is 38.8 Å². The van der Waals surface area contributed by atoms with E-state index in [0.717, 1.165) is 18.1 Å². The average molecular weight is 285 g/mol. The molecule has 2 aromatic rings. The minimum absolute atomic E-state index is 0.468. The highest BCUT2D eigenvalue weighted by Crippen LogP contribution is 2.32. The number of fused-ring (bicyclic) bond motifs is 1. The fourth-order valence-corrected chi connectivity index (χ4v) is 3.01. The number of imidazole rings is 1. The Morgan fingerprint density at radius 2 is 2.33 bits per heavy atom. The maximum atomic E-state index is 5.91. The van der Waals surface area contributed by atoms with Gasteiger partial charge in [0.15, 0.2) is 0 Å². The van der Waals surface area contributed by atoms with Gasteiger partial charge in [0.1, 0.15) is 18.2 Å². The second-order valence-electron chi connectivity index (χ2n) is 5.61. The quantitative estimate of drug-likeness (QED) is 0.918. The average Bonchev–Trinajstić information content (AvgIpc) is 2.91. The summed E-state index contributed by atoms with van der Waals surface area (Å²) in [4.78, 5) is 4.29. The van der Waals surface area contributed by atoms with E-state index >= 15 is 0 Å². The van der Waals surface area contributed by atoms with Crippen LogP contribution in [0.2, 0.25) is 0 Å². The maximum absolute atomic E-state index is 5.91. The molecular weight excluding hydrogens is 262 g/mol. The highest BCUT2D eigenvalue weighted by molar-refractivity contribution is 5.39. The van der Waals surface area contributed by atoms with Crippen LogP contribution < -0.4 is 10.1 Å². The van der Waals surface area contributed by atoms with Crippen LogP contribution in [-0.2, 0) is 20.1 Å². The zero-order valence-electron chi connectivity index (χ0n) is 12.8. The van der Waals surface area contributed by atoms with Gasteiger partial charge in [0.05, 0.1) is 0 Å². The molecule has 1 N–H and O–H groups in total. The molecule has 0 radical (unpaired) electrons. The van der Waals surface area contributed by atoms with Gasteiger partial charge in [-0.05, 0) is 49.1 Å². The van der Waals surface area contributed by atoms with Crippen molar-refractivity contribution in [2.24, 2.45) is 7.05 Å². The number of ether oxygens (including phenoxy) is 1. The lowest BCUT2D eigenvalue weighted by Crippen LogP contribution is -2.24. The van der Waals surface area contributed by atoms with Crippen molar-refractivity contribution in [3.63, 3.8) is 0 Å². The lowest BCUT2D eigenvalue weighted by Gasteiger charge is -2.26. The molecule has 0 saturated carbocycles. The fourth-order valence-electron chi connectivity index (χ4n) is 3.01. The Bertz CT molecular complexity index is 606. The second kappa shape index (κ2) is 6.31. The Morgan fingerprint density at radius 1 is 1.43 bits per heavy atom. The Labute approximate surface area is 126 Å². The molecule has 1 atom stereocenters. The zero-order valence-corrected chi connectivity index (χ0v) is 12.8. The van der Waals surface area contributed by atoms with Gasteiger partial charge < -0.3 is 14.6 Å². The molecule has 1 aromatic carbocycles. The van der Waals surface area contributed by atoms with E-state index in [0.29, 0.717) is 12.6 Å². The summed E-state index contributed by atoms with van der Waals surface area (Å²) in [5.74, 6) is 1.87. The summed E-state index contributed by atoms with van der Waals surface area (Å²) in [6, 6.07) is 6.96. The normalized spacial score (nSPS) is 17.5. The SMILES string of the molecule is CCNC1CCCc2ccc(OCc3nccn3C)cc21. The number of hydrogen-bond acceptors (Lipinski definition) is 3. The van der Waals surface area contributed by atoms with Gasteiger partial charge in [-0.25, -0.2) is 4.98 Å². The maximum Gasteiger partial charge on any atom is 0.146 e. The third-order valence-corrected chi connectivity index (χ3v) is 4.17. The summed E-state index contributed by atoms with van der Waals surface area (Å²) >= 11 is 0. The van der Waals surface area contributed by atoms with Crippen LogP contribution in [0.1, 0.15) is 42.8 Å². The van der Waals surface area contributed by atoms with E-state index in [2.05, 4.69) is 35.4 Å². The van der Waals surface area contributed by atoms with Crippen LogP contribution in [0.15, 0.2) is 30.6 Å². The van der Waals surface area contributed by atoms with Crippen molar-refractivity contribution in [3.8, 4) is 5.75 Å². The molecule has 1 heterocycles. The molecule has 1 aromatic heterocycles. The fraction of sp³-hybridized carbons (Fsp3) is 0.471. The van der Waals surface area contributed by atoms with E-state index in [4.69, 9.17) is 4.74 Å². The first-order valence-electron chi connectivity index (χ1n) is 7.73. The standard InChI is InChI=1S/C17H23N3O/c1-3-18-16-6-4-5-13-7-8-14(11-15(13)16)21-12-17-19-9-10-20(17)2/h7-11,16,18H,3-6,12H2,1-2H3.